The molecule has 1 aromatic rings. The predicted octanol–water partition coefficient (Wildman–Crippen LogP) is 4.08. The van der Waals surface area contributed by atoms with Gasteiger partial charge in [-0.2, -0.15) is 0 Å². The zero-order valence-electron chi connectivity index (χ0n) is 11.2. The lowest BCUT2D eigenvalue weighted by atomic mass is 9.82. The van der Waals surface area contributed by atoms with E-state index < -0.39 is 11.4 Å². The largest absolute Gasteiger partial charge is 0.481 e. The molecule has 0 unspecified atom stereocenters. The maximum absolute atomic E-state index is 11.4. The number of nitrogens with one attached hydrogen (secondary N) is 1. The summed E-state index contributed by atoms with van der Waals surface area (Å²) >= 11 is 9.41. The van der Waals surface area contributed by atoms with E-state index in [9.17, 15) is 9.90 Å². The Balaban J connectivity index is 2.67. The summed E-state index contributed by atoms with van der Waals surface area (Å²) in [6, 6.07) is 5.58. The van der Waals surface area contributed by atoms with Gasteiger partial charge in [-0.15, -0.1) is 0 Å². The van der Waals surface area contributed by atoms with Crippen LogP contribution in [0.25, 0.3) is 0 Å². The van der Waals surface area contributed by atoms with Crippen molar-refractivity contribution in [3.8, 4) is 0 Å². The minimum atomic E-state index is -0.741. The Kier molecular flexibility index (Phi) is 6.30. The first-order valence-electron chi connectivity index (χ1n) is 6.33. The lowest BCUT2D eigenvalue weighted by molar-refractivity contribution is -0.149. The Bertz CT molecular complexity index is 447. The molecule has 5 heteroatoms. The molecule has 0 heterocycles. The quantitative estimate of drug-likeness (QED) is 0.780. The van der Waals surface area contributed by atoms with E-state index in [0.29, 0.717) is 31.0 Å². The van der Waals surface area contributed by atoms with Crippen molar-refractivity contribution >= 4 is 33.5 Å². The second-order valence-corrected chi connectivity index (χ2v) is 5.92. The molecule has 0 aliphatic carbocycles. The SMILES string of the molecule is CCC(CC)(CNCc1cc(Cl)ccc1Br)C(=O)O. The molecule has 0 bridgehead atoms. The number of hydrogen-bond acceptors (Lipinski definition) is 2. The van der Waals surface area contributed by atoms with Crippen LogP contribution in [-0.4, -0.2) is 17.6 Å². The van der Waals surface area contributed by atoms with Crippen LogP contribution in [0, 0.1) is 5.41 Å². The van der Waals surface area contributed by atoms with E-state index in [4.69, 9.17) is 11.6 Å². The topological polar surface area (TPSA) is 49.3 Å². The van der Waals surface area contributed by atoms with Gasteiger partial charge in [0.1, 0.15) is 0 Å². The summed E-state index contributed by atoms with van der Waals surface area (Å²) in [6.07, 6.45) is 1.23. The Labute approximate surface area is 127 Å². The first-order chi connectivity index (χ1) is 8.95. The van der Waals surface area contributed by atoms with Gasteiger partial charge in [-0.3, -0.25) is 4.79 Å². The van der Waals surface area contributed by atoms with Gasteiger partial charge < -0.3 is 10.4 Å². The van der Waals surface area contributed by atoms with E-state index in [0.717, 1.165) is 10.0 Å². The number of carboxylic acid groups (broad SMARTS) is 1. The first kappa shape index (κ1) is 16.5. The summed E-state index contributed by atoms with van der Waals surface area (Å²) in [4.78, 5) is 11.4. The zero-order chi connectivity index (χ0) is 14.5. The van der Waals surface area contributed by atoms with Gasteiger partial charge in [-0.1, -0.05) is 41.4 Å². The van der Waals surface area contributed by atoms with E-state index in [-0.39, 0.29) is 0 Å². The minimum Gasteiger partial charge on any atom is -0.481 e. The fourth-order valence-corrected chi connectivity index (χ4v) is 2.57. The van der Waals surface area contributed by atoms with Crippen LogP contribution in [0.3, 0.4) is 0 Å². The number of benzene rings is 1. The molecule has 0 spiro atoms. The Hall–Kier alpha value is -0.580. The molecule has 19 heavy (non-hydrogen) atoms. The second kappa shape index (κ2) is 7.27. The maximum Gasteiger partial charge on any atom is 0.310 e. The zero-order valence-corrected chi connectivity index (χ0v) is 13.5. The van der Waals surface area contributed by atoms with Gasteiger partial charge >= 0.3 is 5.97 Å². The summed E-state index contributed by atoms with van der Waals surface area (Å²) < 4.78 is 0.971. The Morgan fingerprint density at radius 3 is 2.58 bits per heavy atom. The maximum atomic E-state index is 11.4. The van der Waals surface area contributed by atoms with Crippen LogP contribution in [-0.2, 0) is 11.3 Å². The van der Waals surface area contributed by atoms with Crippen molar-refractivity contribution in [1.29, 1.82) is 0 Å². The molecule has 1 rings (SSSR count). The van der Waals surface area contributed by atoms with E-state index in [1.807, 2.05) is 32.0 Å². The molecule has 106 valence electrons. The predicted molar refractivity (Wildman–Crippen MR) is 81.5 cm³/mol. The highest BCUT2D eigenvalue weighted by Gasteiger charge is 2.34. The normalized spacial score (nSPS) is 11.6. The number of aliphatic carboxylic acids is 1. The molecule has 0 atom stereocenters. The molecule has 0 aliphatic heterocycles. The third-order valence-electron chi connectivity index (χ3n) is 3.59. The molecule has 3 nitrogen and oxygen atoms in total. The second-order valence-electron chi connectivity index (χ2n) is 4.63. The molecule has 0 amide bonds. The van der Waals surface area contributed by atoms with Gasteiger partial charge in [-0.25, -0.2) is 0 Å². The fourth-order valence-electron chi connectivity index (χ4n) is 1.99. The molecular formula is C14H19BrClNO2. The van der Waals surface area contributed by atoms with E-state index in [1.54, 1.807) is 0 Å². The molecule has 0 saturated carbocycles. The van der Waals surface area contributed by atoms with E-state index in [1.165, 1.54) is 0 Å². The molecule has 0 fully saturated rings. The fraction of sp³-hybridized carbons (Fsp3) is 0.500. The highest BCUT2D eigenvalue weighted by Crippen LogP contribution is 2.26. The molecule has 0 aromatic heterocycles. The van der Waals surface area contributed by atoms with E-state index >= 15 is 0 Å². The Morgan fingerprint density at radius 2 is 2.05 bits per heavy atom. The lowest BCUT2D eigenvalue weighted by Crippen LogP contribution is -2.40. The number of carboxylic acids is 1. The van der Waals surface area contributed by atoms with Crippen LogP contribution in [0.5, 0.6) is 0 Å². The third-order valence-corrected chi connectivity index (χ3v) is 4.60. The average Bonchev–Trinajstić information content (AvgIpc) is 2.38. The minimum absolute atomic E-state index is 0.453. The van der Waals surface area contributed by atoms with Gasteiger partial charge in [0.25, 0.3) is 0 Å². The van der Waals surface area contributed by atoms with E-state index in [2.05, 4.69) is 21.2 Å². The Morgan fingerprint density at radius 1 is 1.42 bits per heavy atom. The van der Waals surface area contributed by atoms with Crippen LogP contribution in [0.15, 0.2) is 22.7 Å². The van der Waals surface area contributed by atoms with Crippen LogP contribution >= 0.6 is 27.5 Å². The molecular weight excluding hydrogens is 330 g/mol. The van der Waals surface area contributed by atoms with Crippen LogP contribution in [0.4, 0.5) is 0 Å². The van der Waals surface area contributed by atoms with Crippen LogP contribution in [0.2, 0.25) is 5.02 Å². The van der Waals surface area contributed by atoms with Crippen molar-refractivity contribution < 1.29 is 9.90 Å². The van der Waals surface area contributed by atoms with Gasteiger partial charge in [0.2, 0.25) is 0 Å². The summed E-state index contributed by atoms with van der Waals surface area (Å²) in [7, 11) is 0. The molecule has 0 aliphatic rings. The summed E-state index contributed by atoms with van der Waals surface area (Å²) in [5, 5.41) is 13.3. The summed E-state index contributed by atoms with van der Waals surface area (Å²) in [6.45, 7) is 4.87. The highest BCUT2D eigenvalue weighted by molar-refractivity contribution is 9.10. The van der Waals surface area contributed by atoms with Crippen molar-refractivity contribution in [3.05, 3.63) is 33.3 Å². The van der Waals surface area contributed by atoms with Crippen molar-refractivity contribution in [2.75, 3.05) is 6.54 Å². The van der Waals surface area contributed by atoms with Crippen LogP contribution in [0.1, 0.15) is 32.3 Å². The van der Waals surface area contributed by atoms with Crippen molar-refractivity contribution in [3.63, 3.8) is 0 Å². The molecule has 0 radical (unpaired) electrons. The van der Waals surface area contributed by atoms with Crippen LogP contribution < -0.4 is 5.32 Å². The lowest BCUT2D eigenvalue weighted by Gasteiger charge is -2.27. The van der Waals surface area contributed by atoms with Crippen molar-refractivity contribution in [2.45, 2.75) is 33.2 Å². The van der Waals surface area contributed by atoms with Gasteiger partial charge in [0.15, 0.2) is 0 Å². The smallest absolute Gasteiger partial charge is 0.310 e. The van der Waals surface area contributed by atoms with Gasteiger partial charge in [-0.05, 0) is 36.6 Å². The molecule has 2 N–H and O–H groups in total. The summed E-state index contributed by atoms with van der Waals surface area (Å²) in [5.74, 6) is -0.741. The monoisotopic (exact) mass is 347 g/mol. The summed E-state index contributed by atoms with van der Waals surface area (Å²) in [5.41, 5.74) is 0.337. The highest BCUT2D eigenvalue weighted by atomic mass is 79.9. The first-order valence-corrected chi connectivity index (χ1v) is 7.50. The number of halogens is 2. The van der Waals surface area contributed by atoms with Crippen molar-refractivity contribution in [2.24, 2.45) is 5.41 Å². The molecule has 0 saturated heterocycles. The number of hydrogen-bond donors (Lipinski definition) is 2. The third kappa shape index (κ3) is 4.20. The molecule has 1 aromatic carbocycles. The van der Waals surface area contributed by atoms with Gasteiger partial charge in [0, 0.05) is 22.6 Å². The standard InChI is InChI=1S/C14H19BrClNO2/c1-3-14(4-2,13(18)19)9-17-8-10-7-11(16)5-6-12(10)15/h5-7,17H,3-4,8-9H2,1-2H3,(H,18,19). The average molecular weight is 349 g/mol. The number of carbonyl (C=O) groups is 1. The number of rotatable bonds is 7. The van der Waals surface area contributed by atoms with Crippen molar-refractivity contribution in [1.82, 2.24) is 5.32 Å². The van der Waals surface area contributed by atoms with Gasteiger partial charge in [0.05, 0.1) is 5.41 Å².